The molecule has 0 amide bonds. The van der Waals surface area contributed by atoms with Crippen molar-refractivity contribution in [3.05, 3.63) is 0 Å². The molecule has 0 rings (SSSR count). The summed E-state index contributed by atoms with van der Waals surface area (Å²) in [6.07, 6.45) is -1.42. The third kappa shape index (κ3) is 7.45. The summed E-state index contributed by atoms with van der Waals surface area (Å²) in [5.41, 5.74) is 0. The summed E-state index contributed by atoms with van der Waals surface area (Å²) in [7, 11) is 0. The molecule has 66 valence electrons. The number of hydrogen-bond donors (Lipinski definition) is 2. The summed E-state index contributed by atoms with van der Waals surface area (Å²) in [5, 5.41) is 5.46. The largest absolute Gasteiger partial charge is 0.363 e. The van der Waals surface area contributed by atoms with Gasteiger partial charge in [0.2, 0.25) is 0 Å². The minimum Gasteiger partial charge on any atom is -0.363 e. The lowest BCUT2D eigenvalue weighted by Gasteiger charge is -2.07. The smallest absolute Gasteiger partial charge is 0.255 e. The van der Waals surface area contributed by atoms with Gasteiger partial charge in [-0.1, -0.05) is 6.92 Å². The molecule has 0 aliphatic carbocycles. The van der Waals surface area contributed by atoms with Crippen LogP contribution in [0.25, 0.3) is 0 Å². The number of thiocarbonyl (C=S) groups is 1. The van der Waals surface area contributed by atoms with Gasteiger partial charge in [0, 0.05) is 6.54 Å². The van der Waals surface area contributed by atoms with E-state index in [1.165, 1.54) is 0 Å². The predicted octanol–water partition coefficient (Wildman–Crippen LogP) is 1.13. The molecule has 0 aromatic heterocycles. The number of halogens is 2. The minimum atomic E-state index is -2.35. The average Bonchev–Trinajstić information content (AvgIpc) is 1.97. The second-order valence-electron chi connectivity index (χ2n) is 2.03. The standard InChI is InChI=1S/C6H12F2N2S/c1-2-3-9-6(11)10-4-5(7)8/h5H,2-4H2,1H3,(H2,9,10,11). The van der Waals surface area contributed by atoms with Crippen LogP contribution in [0.1, 0.15) is 13.3 Å². The quantitative estimate of drug-likeness (QED) is 0.637. The van der Waals surface area contributed by atoms with Crippen LogP contribution in [0.5, 0.6) is 0 Å². The zero-order chi connectivity index (χ0) is 8.69. The molecule has 0 bridgehead atoms. The maximum absolute atomic E-state index is 11.6. The fourth-order valence-corrected chi connectivity index (χ4v) is 0.656. The van der Waals surface area contributed by atoms with Gasteiger partial charge in [0.05, 0.1) is 6.54 Å². The SMILES string of the molecule is CCCNC(=S)NCC(F)F. The van der Waals surface area contributed by atoms with Crippen LogP contribution in [-0.4, -0.2) is 24.6 Å². The van der Waals surface area contributed by atoms with E-state index in [0.717, 1.165) is 13.0 Å². The van der Waals surface area contributed by atoms with E-state index < -0.39 is 6.43 Å². The molecule has 0 aromatic carbocycles. The van der Waals surface area contributed by atoms with E-state index in [4.69, 9.17) is 0 Å². The van der Waals surface area contributed by atoms with Crippen molar-refractivity contribution in [3.8, 4) is 0 Å². The number of nitrogens with one attached hydrogen (secondary N) is 2. The van der Waals surface area contributed by atoms with E-state index in [1.807, 2.05) is 6.92 Å². The van der Waals surface area contributed by atoms with Crippen molar-refractivity contribution in [1.82, 2.24) is 10.6 Å². The van der Waals surface area contributed by atoms with Crippen molar-refractivity contribution < 1.29 is 8.78 Å². The highest BCUT2D eigenvalue weighted by molar-refractivity contribution is 7.80. The lowest BCUT2D eigenvalue weighted by atomic mass is 10.5. The molecule has 0 atom stereocenters. The van der Waals surface area contributed by atoms with E-state index in [0.29, 0.717) is 5.11 Å². The molecule has 5 heteroatoms. The Morgan fingerprint density at radius 2 is 2.09 bits per heavy atom. The lowest BCUT2D eigenvalue weighted by molar-refractivity contribution is 0.152. The Morgan fingerprint density at radius 3 is 2.55 bits per heavy atom. The first-order valence-corrected chi connectivity index (χ1v) is 3.87. The van der Waals surface area contributed by atoms with Crippen molar-refractivity contribution in [2.45, 2.75) is 19.8 Å². The van der Waals surface area contributed by atoms with Gasteiger partial charge in [0.25, 0.3) is 6.43 Å². The van der Waals surface area contributed by atoms with Crippen molar-refractivity contribution >= 4 is 17.3 Å². The molecule has 0 heterocycles. The van der Waals surface area contributed by atoms with E-state index in [2.05, 4.69) is 22.9 Å². The Kier molecular flexibility index (Phi) is 6.02. The highest BCUT2D eigenvalue weighted by Crippen LogP contribution is 1.87. The van der Waals surface area contributed by atoms with E-state index >= 15 is 0 Å². The van der Waals surface area contributed by atoms with Crippen LogP contribution in [0.2, 0.25) is 0 Å². The highest BCUT2D eigenvalue weighted by Gasteiger charge is 2.01. The molecule has 11 heavy (non-hydrogen) atoms. The van der Waals surface area contributed by atoms with Gasteiger partial charge in [-0.15, -0.1) is 0 Å². The first-order valence-electron chi connectivity index (χ1n) is 3.46. The first kappa shape index (κ1) is 10.6. The van der Waals surface area contributed by atoms with E-state index in [9.17, 15) is 8.78 Å². The molecule has 0 aliphatic heterocycles. The molecule has 0 fully saturated rings. The fourth-order valence-electron chi connectivity index (χ4n) is 0.471. The summed E-state index contributed by atoms with van der Waals surface area (Å²) in [4.78, 5) is 0. The highest BCUT2D eigenvalue weighted by atomic mass is 32.1. The number of hydrogen-bond acceptors (Lipinski definition) is 1. The lowest BCUT2D eigenvalue weighted by Crippen LogP contribution is -2.38. The molecule has 0 unspecified atom stereocenters. The van der Waals surface area contributed by atoms with E-state index in [1.54, 1.807) is 0 Å². The van der Waals surface area contributed by atoms with Gasteiger partial charge in [-0.2, -0.15) is 0 Å². The summed E-state index contributed by atoms with van der Waals surface area (Å²) in [6.45, 7) is 2.31. The first-order chi connectivity index (χ1) is 5.16. The molecule has 0 spiro atoms. The molecule has 0 aliphatic rings. The summed E-state index contributed by atoms with van der Waals surface area (Å²) >= 11 is 4.68. The maximum atomic E-state index is 11.6. The zero-order valence-electron chi connectivity index (χ0n) is 6.36. The summed E-state index contributed by atoms with van der Waals surface area (Å²) < 4.78 is 23.1. The topological polar surface area (TPSA) is 24.1 Å². The normalized spacial score (nSPS) is 9.82. The van der Waals surface area contributed by atoms with Crippen LogP contribution >= 0.6 is 12.2 Å². The number of alkyl halides is 2. The molecule has 2 nitrogen and oxygen atoms in total. The van der Waals surface area contributed by atoms with Gasteiger partial charge < -0.3 is 10.6 Å². The molecule has 0 saturated carbocycles. The molecular formula is C6H12F2N2S. The predicted molar refractivity (Wildman–Crippen MR) is 44.9 cm³/mol. The number of rotatable bonds is 4. The molecule has 0 radical (unpaired) electrons. The van der Waals surface area contributed by atoms with Crippen molar-refractivity contribution in [3.63, 3.8) is 0 Å². The molecule has 0 aromatic rings. The fraction of sp³-hybridized carbons (Fsp3) is 0.833. The van der Waals surface area contributed by atoms with Crippen LogP contribution < -0.4 is 10.6 Å². The van der Waals surface area contributed by atoms with E-state index in [-0.39, 0.29) is 6.54 Å². The van der Waals surface area contributed by atoms with Gasteiger partial charge in [0.15, 0.2) is 5.11 Å². The van der Waals surface area contributed by atoms with Crippen molar-refractivity contribution in [2.24, 2.45) is 0 Å². The van der Waals surface area contributed by atoms with Crippen LogP contribution in [0.15, 0.2) is 0 Å². The maximum Gasteiger partial charge on any atom is 0.255 e. The molecule has 0 saturated heterocycles. The average molecular weight is 182 g/mol. The van der Waals surface area contributed by atoms with Crippen molar-refractivity contribution in [1.29, 1.82) is 0 Å². The van der Waals surface area contributed by atoms with Crippen LogP contribution in [-0.2, 0) is 0 Å². The minimum absolute atomic E-state index is 0.298. The second kappa shape index (κ2) is 6.27. The van der Waals surface area contributed by atoms with Gasteiger partial charge in [-0.3, -0.25) is 0 Å². The third-order valence-electron chi connectivity index (χ3n) is 0.952. The summed E-state index contributed by atoms with van der Waals surface area (Å²) in [5.74, 6) is 0. The van der Waals surface area contributed by atoms with Gasteiger partial charge in [0.1, 0.15) is 0 Å². The van der Waals surface area contributed by atoms with Gasteiger partial charge in [-0.25, -0.2) is 8.78 Å². The van der Waals surface area contributed by atoms with Crippen LogP contribution in [0.3, 0.4) is 0 Å². The van der Waals surface area contributed by atoms with Crippen molar-refractivity contribution in [2.75, 3.05) is 13.1 Å². The Balaban J connectivity index is 3.23. The van der Waals surface area contributed by atoms with Gasteiger partial charge in [-0.05, 0) is 18.6 Å². The van der Waals surface area contributed by atoms with Crippen LogP contribution in [0, 0.1) is 0 Å². The Labute approximate surface area is 70.4 Å². The third-order valence-corrected chi connectivity index (χ3v) is 1.24. The second-order valence-corrected chi connectivity index (χ2v) is 2.44. The Hall–Kier alpha value is -0.450. The zero-order valence-corrected chi connectivity index (χ0v) is 7.18. The molecule has 2 N–H and O–H groups in total. The monoisotopic (exact) mass is 182 g/mol. The Bertz CT molecular complexity index is 119. The summed E-state index contributed by atoms with van der Waals surface area (Å²) in [6, 6.07) is 0. The van der Waals surface area contributed by atoms with Gasteiger partial charge >= 0.3 is 0 Å². The van der Waals surface area contributed by atoms with Crippen LogP contribution in [0.4, 0.5) is 8.78 Å². The Morgan fingerprint density at radius 1 is 1.45 bits per heavy atom. The molecular weight excluding hydrogens is 170 g/mol.